The van der Waals surface area contributed by atoms with Crippen molar-refractivity contribution in [1.82, 2.24) is 0 Å². The highest BCUT2D eigenvalue weighted by Crippen LogP contribution is 2.47. The standard InChI is InChI=1S/C66H125F17O26Si6/c1-86-110(87-2,88-3)38-20-29-57(30-21-39-111(89-4,90-5)91-6,31-22-40-112(92-7,93-8)94-9)35-27-54(84)44-59(68,69)48-105-52-65(80,81)108-63(76,77)46-61(72,73)50-104-37-19-26-56(67)107-51-62(74,75)47-64(78,79)109-66(82,83)53-106-49-60(70,71)45-55(85)28-36-58(32-23-41-113(95-10,96-11)97-12,33-24-42-114(98-13,99-14)100-15)34-25-43-115(101-16,102-17)103-18/h56H,19-53H2,1-18H3. The zero-order valence-corrected chi connectivity index (χ0v) is 75.4. The summed E-state index contributed by atoms with van der Waals surface area (Å²) in [4.78, 5) is 26.8. The van der Waals surface area contributed by atoms with E-state index in [4.69, 9.17) is 79.7 Å². The third-order valence-corrected chi connectivity index (χ3v) is 36.7. The van der Waals surface area contributed by atoms with E-state index in [-0.39, 0.29) is 12.8 Å². The van der Waals surface area contributed by atoms with Crippen molar-refractivity contribution in [2.24, 2.45) is 10.8 Å². The summed E-state index contributed by atoms with van der Waals surface area (Å²) in [5, 5.41) is 0. The lowest BCUT2D eigenvalue weighted by molar-refractivity contribution is -0.398. The first kappa shape index (κ1) is 113. The SMILES string of the molecule is CO[Si](CCCC(CCC[Si](OC)(OC)OC)(CCC[Si](OC)(OC)OC)CCC(=O)CC(F)(F)COCC(F)(F)OC(F)(F)CC(F)(F)COCCCC(F)OCC(F)(F)CC(F)(F)OC(F)(F)COCC(F)(F)CC(=O)CCC(CCC[Si](OC)(OC)OC)(CCC[Si](OC)(OC)OC)CCC[Si](OC)(OC)OC)(OC)OC. The highest BCUT2D eigenvalue weighted by atomic mass is 28.4. The van der Waals surface area contributed by atoms with Crippen molar-refractivity contribution in [1.29, 1.82) is 0 Å². The second kappa shape index (κ2) is 53.0. The van der Waals surface area contributed by atoms with Gasteiger partial charge in [0.1, 0.15) is 64.0 Å². The van der Waals surface area contributed by atoms with Crippen LogP contribution < -0.4 is 0 Å². The van der Waals surface area contributed by atoms with Gasteiger partial charge < -0.3 is 98.6 Å². The summed E-state index contributed by atoms with van der Waals surface area (Å²) in [5.41, 5.74) is -1.57. The number of carbonyl (C=O) groups excluding carboxylic acids is 2. The third kappa shape index (κ3) is 43.6. The summed E-state index contributed by atoms with van der Waals surface area (Å²) in [5.74, 6) is -20.1. The van der Waals surface area contributed by atoms with Gasteiger partial charge in [0.25, 0.3) is 23.7 Å². The number of Topliss-reactive ketones (excluding diaryl/α,β-unsaturated/α-hetero) is 2. The van der Waals surface area contributed by atoms with Gasteiger partial charge in [0, 0.05) is 190 Å². The highest BCUT2D eigenvalue weighted by molar-refractivity contribution is 6.62. The largest absolute Gasteiger partial charge is 0.500 e. The van der Waals surface area contributed by atoms with E-state index in [1.807, 2.05) is 0 Å². The number of hydrogen-bond donors (Lipinski definition) is 0. The molecule has 1 atom stereocenters. The molecule has 0 fully saturated rings. The molecule has 0 N–H and O–H groups in total. The third-order valence-electron chi connectivity index (χ3n) is 19.7. The minimum Gasteiger partial charge on any atom is -0.377 e. The van der Waals surface area contributed by atoms with Gasteiger partial charge in [-0.15, -0.1) is 0 Å². The fourth-order valence-corrected chi connectivity index (χ4v) is 23.7. The Morgan fingerprint density at radius 1 is 0.278 bits per heavy atom. The molecule has 0 aromatic heterocycles. The lowest BCUT2D eigenvalue weighted by Gasteiger charge is -2.37. The topological polar surface area (TPSA) is 256 Å². The van der Waals surface area contributed by atoms with Crippen molar-refractivity contribution in [3.63, 3.8) is 0 Å². The zero-order valence-electron chi connectivity index (χ0n) is 69.4. The molecule has 0 radical (unpaired) electrons. The van der Waals surface area contributed by atoms with Crippen LogP contribution >= 0.6 is 0 Å². The summed E-state index contributed by atoms with van der Waals surface area (Å²) >= 11 is 0. The smallest absolute Gasteiger partial charge is 0.377 e. The van der Waals surface area contributed by atoms with Crippen LogP contribution in [-0.4, -0.2) is 293 Å². The first-order valence-corrected chi connectivity index (χ1v) is 48.4. The number of hydrogen-bond acceptors (Lipinski definition) is 26. The van der Waals surface area contributed by atoms with Gasteiger partial charge in [-0.2, -0.15) is 35.1 Å². The highest BCUT2D eigenvalue weighted by Gasteiger charge is 2.55. The normalized spacial score (nSPS) is 14.6. The Kier molecular flexibility index (Phi) is 52.3. The van der Waals surface area contributed by atoms with E-state index in [0.29, 0.717) is 113 Å². The Bertz CT molecular complexity index is 2440. The van der Waals surface area contributed by atoms with E-state index in [9.17, 15) is 66.7 Å². The van der Waals surface area contributed by atoms with E-state index < -0.39 is 227 Å². The van der Waals surface area contributed by atoms with Gasteiger partial charge in [0.05, 0.1) is 12.8 Å². The minimum atomic E-state index is -5.49. The predicted octanol–water partition coefficient (Wildman–Crippen LogP) is 15.3. The number of ketones is 2. The van der Waals surface area contributed by atoms with E-state index >= 15 is 17.6 Å². The molecule has 0 bridgehead atoms. The molecule has 0 aromatic carbocycles. The van der Waals surface area contributed by atoms with Crippen LogP contribution in [0.15, 0.2) is 0 Å². The van der Waals surface area contributed by atoms with E-state index in [1.54, 1.807) is 0 Å². The van der Waals surface area contributed by atoms with Crippen LogP contribution in [0.5, 0.6) is 0 Å². The Morgan fingerprint density at radius 2 is 0.504 bits per heavy atom. The summed E-state index contributed by atoms with van der Waals surface area (Å²) in [6.45, 7) is -13.9. The van der Waals surface area contributed by atoms with Crippen molar-refractivity contribution < 1.29 is 192 Å². The molecule has 0 amide bonds. The van der Waals surface area contributed by atoms with Gasteiger partial charge in [-0.3, -0.25) is 19.1 Å². The molecule has 115 heavy (non-hydrogen) atoms. The van der Waals surface area contributed by atoms with Crippen LogP contribution in [0.1, 0.15) is 141 Å². The zero-order chi connectivity index (χ0) is 88.5. The van der Waals surface area contributed by atoms with Crippen LogP contribution in [0.25, 0.3) is 0 Å². The van der Waals surface area contributed by atoms with Gasteiger partial charge >= 0.3 is 77.3 Å². The molecule has 49 heteroatoms. The number of rotatable bonds is 77. The van der Waals surface area contributed by atoms with Gasteiger partial charge in [-0.05, 0) is 107 Å². The molecule has 0 spiro atoms. The minimum absolute atomic E-state index is 0.00384. The Balaban J connectivity index is 5.71. The second-order valence-electron chi connectivity index (χ2n) is 27.8. The van der Waals surface area contributed by atoms with E-state index in [1.165, 1.54) is 128 Å². The maximum atomic E-state index is 15.3. The number of ether oxygens (including phenoxy) is 6. The number of carbonyl (C=O) groups is 2. The lowest BCUT2D eigenvalue weighted by Crippen LogP contribution is -2.43. The molecular formula is C66H125F17O26Si6. The molecule has 688 valence electrons. The average Bonchev–Trinajstić information content (AvgIpc) is 0.840. The molecular weight excluding hydrogens is 1700 g/mol. The Labute approximate surface area is 671 Å². The van der Waals surface area contributed by atoms with Crippen molar-refractivity contribution in [3.8, 4) is 0 Å². The summed E-state index contributed by atoms with van der Waals surface area (Å²) in [6.07, 6.45) is -31.1. The van der Waals surface area contributed by atoms with Crippen molar-refractivity contribution in [2.45, 2.75) is 232 Å². The first-order chi connectivity index (χ1) is 53.4. The molecule has 0 aliphatic rings. The maximum Gasteiger partial charge on any atom is 0.500 e. The first-order valence-electron chi connectivity index (χ1n) is 36.8. The molecule has 1 unspecified atom stereocenters. The summed E-state index contributed by atoms with van der Waals surface area (Å²) < 4.78 is 375. The molecule has 0 saturated heterocycles. The summed E-state index contributed by atoms with van der Waals surface area (Å²) in [7, 11) is 6.60. The van der Waals surface area contributed by atoms with Crippen molar-refractivity contribution >= 4 is 64.4 Å². The molecule has 0 aromatic rings. The van der Waals surface area contributed by atoms with Crippen LogP contribution in [0.4, 0.5) is 74.6 Å². The Morgan fingerprint density at radius 3 is 0.739 bits per heavy atom. The van der Waals surface area contributed by atoms with Crippen LogP contribution in [0.2, 0.25) is 36.3 Å². The maximum absolute atomic E-state index is 15.3. The predicted molar refractivity (Wildman–Crippen MR) is 391 cm³/mol. The fourth-order valence-electron chi connectivity index (χ4n) is 13.4. The average molecular weight is 1830 g/mol. The molecule has 0 saturated carbocycles. The van der Waals surface area contributed by atoms with Crippen molar-refractivity contribution in [2.75, 3.05) is 174 Å². The molecule has 0 rings (SSSR count). The number of halogens is 17. The van der Waals surface area contributed by atoms with Crippen LogP contribution in [0.3, 0.4) is 0 Å². The molecule has 0 heterocycles. The lowest BCUT2D eigenvalue weighted by atomic mass is 9.72. The van der Waals surface area contributed by atoms with Crippen LogP contribution in [0, 0.1) is 10.8 Å². The summed E-state index contributed by atoms with van der Waals surface area (Å²) in [6, 6.07) is 1.86. The molecule has 26 nitrogen and oxygen atoms in total. The molecule has 0 aliphatic heterocycles. The monoisotopic (exact) mass is 1820 g/mol. The van der Waals surface area contributed by atoms with Gasteiger partial charge in [-0.1, -0.05) is 0 Å². The van der Waals surface area contributed by atoms with E-state index in [2.05, 4.69) is 28.4 Å². The van der Waals surface area contributed by atoms with Gasteiger partial charge in [-0.25, -0.2) is 39.5 Å². The molecule has 0 aliphatic carbocycles. The number of alkyl halides is 17. The Hall–Kier alpha value is -1.51. The van der Waals surface area contributed by atoms with Crippen molar-refractivity contribution in [3.05, 3.63) is 0 Å². The quantitative estimate of drug-likeness (QED) is 0.0311. The fraction of sp³-hybridized carbons (Fsp3) is 0.970. The van der Waals surface area contributed by atoms with Gasteiger partial charge in [0.15, 0.2) is 6.36 Å². The second-order valence-corrected chi connectivity index (χ2v) is 46.3. The van der Waals surface area contributed by atoms with Gasteiger partial charge in [0.2, 0.25) is 0 Å². The van der Waals surface area contributed by atoms with E-state index in [0.717, 1.165) is 0 Å². The van der Waals surface area contributed by atoms with Crippen LogP contribution in [-0.2, 0) is 118 Å².